The van der Waals surface area contributed by atoms with E-state index in [1.54, 1.807) is 0 Å². The molecule has 6 heteroatoms. The van der Waals surface area contributed by atoms with Gasteiger partial charge in [-0.25, -0.2) is 13.8 Å². The van der Waals surface area contributed by atoms with Crippen molar-refractivity contribution in [2.75, 3.05) is 7.11 Å². The normalized spacial score (nSPS) is 10.7. The maximum atomic E-state index is 12.5. The van der Waals surface area contributed by atoms with Gasteiger partial charge < -0.3 is 9.84 Å². The Hall–Kier alpha value is -0.750. The van der Waals surface area contributed by atoms with Gasteiger partial charge in [0, 0.05) is 11.6 Å². The zero-order chi connectivity index (χ0) is 10.7. The molecule has 1 aromatic rings. The summed E-state index contributed by atoms with van der Waals surface area (Å²) in [5.41, 5.74) is -0.0967. The first kappa shape index (κ1) is 11.3. The van der Waals surface area contributed by atoms with E-state index in [-0.39, 0.29) is 21.6 Å². The first-order valence-electron chi connectivity index (χ1n) is 3.72. The van der Waals surface area contributed by atoms with Crippen molar-refractivity contribution in [2.24, 2.45) is 0 Å². The highest BCUT2D eigenvalue weighted by Gasteiger charge is 2.17. The Morgan fingerprint density at radius 1 is 1.64 bits per heavy atom. The van der Waals surface area contributed by atoms with Crippen LogP contribution in [0.4, 0.5) is 8.78 Å². The maximum Gasteiger partial charge on any atom is 0.265 e. The van der Waals surface area contributed by atoms with Gasteiger partial charge in [-0.1, -0.05) is 0 Å². The molecule has 0 spiro atoms. The number of alkyl halides is 2. The van der Waals surface area contributed by atoms with E-state index < -0.39 is 13.0 Å². The third kappa shape index (κ3) is 2.19. The van der Waals surface area contributed by atoms with E-state index in [2.05, 4.69) is 20.9 Å². The molecule has 1 rings (SSSR count). The molecule has 0 bridgehead atoms. The van der Waals surface area contributed by atoms with Gasteiger partial charge in [-0.3, -0.25) is 0 Å². The highest BCUT2D eigenvalue weighted by Crippen LogP contribution is 2.31. The van der Waals surface area contributed by atoms with Gasteiger partial charge in [-0.15, -0.1) is 0 Å². The van der Waals surface area contributed by atoms with Gasteiger partial charge in [0.25, 0.3) is 6.43 Å². The number of ether oxygens (including phenoxy) is 1. The highest BCUT2D eigenvalue weighted by atomic mass is 79.9. The summed E-state index contributed by atoms with van der Waals surface area (Å²) in [7, 11) is 1.33. The summed E-state index contributed by atoms with van der Waals surface area (Å²) in [6.45, 7) is -0.419. The van der Waals surface area contributed by atoms with Gasteiger partial charge in [0.1, 0.15) is 0 Å². The van der Waals surface area contributed by atoms with Gasteiger partial charge in [0.2, 0.25) is 5.88 Å². The molecule has 0 aromatic carbocycles. The van der Waals surface area contributed by atoms with Crippen molar-refractivity contribution in [1.29, 1.82) is 0 Å². The fraction of sp³-hybridized carbons (Fsp3) is 0.375. The summed E-state index contributed by atoms with van der Waals surface area (Å²) < 4.78 is 29.8. The van der Waals surface area contributed by atoms with E-state index >= 15 is 0 Å². The Balaban J connectivity index is 3.27. The lowest BCUT2D eigenvalue weighted by Crippen LogP contribution is -2.00. The Morgan fingerprint density at radius 2 is 2.29 bits per heavy atom. The number of hydrogen-bond donors (Lipinski definition) is 1. The van der Waals surface area contributed by atoms with Crippen molar-refractivity contribution in [3.8, 4) is 5.88 Å². The number of pyridine rings is 1. The predicted molar refractivity (Wildman–Crippen MR) is 49.4 cm³/mol. The van der Waals surface area contributed by atoms with Gasteiger partial charge >= 0.3 is 0 Å². The van der Waals surface area contributed by atoms with Gasteiger partial charge in [-0.2, -0.15) is 0 Å². The Kier molecular flexibility index (Phi) is 3.77. The van der Waals surface area contributed by atoms with Crippen molar-refractivity contribution >= 4 is 15.9 Å². The second-order valence-corrected chi connectivity index (χ2v) is 3.27. The van der Waals surface area contributed by atoms with E-state index in [0.717, 1.165) is 6.07 Å². The molecule has 0 fully saturated rings. The average Bonchev–Trinajstić information content (AvgIpc) is 2.17. The molecular formula is C8H8BrF2NO2. The first-order chi connectivity index (χ1) is 6.60. The van der Waals surface area contributed by atoms with Crippen LogP contribution in [0.1, 0.15) is 17.7 Å². The van der Waals surface area contributed by atoms with Crippen LogP contribution in [-0.2, 0) is 6.61 Å². The van der Waals surface area contributed by atoms with Gasteiger partial charge in [-0.05, 0) is 15.9 Å². The summed E-state index contributed by atoms with van der Waals surface area (Å²) in [6.07, 6.45) is -2.63. The lowest BCUT2D eigenvalue weighted by atomic mass is 10.2. The average molecular weight is 268 g/mol. The predicted octanol–water partition coefficient (Wildman–Crippen LogP) is 2.28. The quantitative estimate of drug-likeness (QED) is 0.914. The number of hydrogen-bond acceptors (Lipinski definition) is 3. The standard InChI is InChI=1S/C8H8BrF2NO2/c1-14-6-2-4(8(10)11)7(9)5(3-13)12-6/h2,8,13H,3H2,1H3. The Morgan fingerprint density at radius 3 is 2.71 bits per heavy atom. The highest BCUT2D eigenvalue weighted by molar-refractivity contribution is 9.10. The summed E-state index contributed by atoms with van der Waals surface area (Å²) in [5.74, 6) is 0.0625. The molecule has 1 N–H and O–H groups in total. The van der Waals surface area contributed by atoms with Crippen LogP contribution in [0.3, 0.4) is 0 Å². The fourth-order valence-electron chi connectivity index (χ4n) is 0.945. The van der Waals surface area contributed by atoms with Crippen molar-refractivity contribution in [1.82, 2.24) is 4.98 Å². The Bertz CT molecular complexity index is 333. The topological polar surface area (TPSA) is 42.4 Å². The summed E-state index contributed by atoms with van der Waals surface area (Å²) in [5, 5.41) is 8.85. The molecule has 0 atom stereocenters. The van der Waals surface area contributed by atoms with Crippen LogP contribution >= 0.6 is 15.9 Å². The molecule has 0 unspecified atom stereocenters. The minimum atomic E-state index is -2.63. The van der Waals surface area contributed by atoms with Crippen LogP contribution in [0, 0.1) is 0 Å². The summed E-state index contributed by atoms with van der Waals surface area (Å²) in [6, 6.07) is 1.13. The molecule has 0 saturated heterocycles. The van der Waals surface area contributed by atoms with E-state index in [1.165, 1.54) is 7.11 Å². The second-order valence-electron chi connectivity index (χ2n) is 2.47. The zero-order valence-electron chi connectivity index (χ0n) is 7.30. The number of aliphatic hydroxyl groups excluding tert-OH is 1. The van der Waals surface area contributed by atoms with Crippen molar-refractivity contribution in [2.45, 2.75) is 13.0 Å². The molecule has 0 aliphatic carbocycles. The van der Waals surface area contributed by atoms with Crippen molar-refractivity contribution in [3.05, 3.63) is 21.8 Å². The fourth-order valence-corrected chi connectivity index (χ4v) is 1.45. The largest absolute Gasteiger partial charge is 0.481 e. The van der Waals surface area contributed by atoms with Gasteiger partial charge in [0.15, 0.2) is 0 Å². The molecule has 0 radical (unpaired) electrons. The van der Waals surface area contributed by atoms with E-state index in [1.807, 2.05) is 0 Å². The van der Waals surface area contributed by atoms with Crippen LogP contribution in [-0.4, -0.2) is 17.2 Å². The van der Waals surface area contributed by atoms with Crippen LogP contribution < -0.4 is 4.74 Å². The van der Waals surface area contributed by atoms with Crippen LogP contribution in [0.25, 0.3) is 0 Å². The molecule has 1 aromatic heterocycles. The lowest BCUT2D eigenvalue weighted by Gasteiger charge is -2.09. The van der Waals surface area contributed by atoms with Crippen molar-refractivity contribution in [3.63, 3.8) is 0 Å². The minimum absolute atomic E-state index is 0.0625. The number of rotatable bonds is 3. The minimum Gasteiger partial charge on any atom is -0.481 e. The number of methoxy groups -OCH3 is 1. The first-order valence-corrected chi connectivity index (χ1v) is 4.51. The zero-order valence-corrected chi connectivity index (χ0v) is 8.88. The molecule has 0 amide bonds. The van der Waals surface area contributed by atoms with E-state index in [0.29, 0.717) is 0 Å². The number of nitrogens with zero attached hydrogens (tertiary/aromatic N) is 1. The third-order valence-corrected chi connectivity index (χ3v) is 2.54. The van der Waals surface area contributed by atoms with E-state index in [4.69, 9.17) is 9.84 Å². The summed E-state index contributed by atoms with van der Waals surface area (Å²) in [4.78, 5) is 3.80. The molecular weight excluding hydrogens is 260 g/mol. The number of halogens is 3. The van der Waals surface area contributed by atoms with Crippen LogP contribution in [0.5, 0.6) is 5.88 Å². The molecule has 3 nitrogen and oxygen atoms in total. The van der Waals surface area contributed by atoms with Crippen LogP contribution in [0.15, 0.2) is 10.5 Å². The molecule has 14 heavy (non-hydrogen) atoms. The summed E-state index contributed by atoms with van der Waals surface area (Å²) >= 11 is 2.95. The molecule has 78 valence electrons. The number of aromatic nitrogens is 1. The third-order valence-electron chi connectivity index (χ3n) is 1.62. The maximum absolute atomic E-state index is 12.5. The molecule has 0 saturated carbocycles. The SMILES string of the molecule is COc1cc(C(F)F)c(Br)c(CO)n1. The molecule has 0 aliphatic rings. The monoisotopic (exact) mass is 267 g/mol. The Labute approximate surface area is 87.9 Å². The van der Waals surface area contributed by atoms with Crippen LogP contribution in [0.2, 0.25) is 0 Å². The molecule has 1 heterocycles. The van der Waals surface area contributed by atoms with Crippen molar-refractivity contribution < 1.29 is 18.6 Å². The molecule has 0 aliphatic heterocycles. The smallest absolute Gasteiger partial charge is 0.265 e. The lowest BCUT2D eigenvalue weighted by molar-refractivity contribution is 0.149. The van der Waals surface area contributed by atoms with E-state index in [9.17, 15) is 8.78 Å². The second kappa shape index (κ2) is 4.65. The van der Waals surface area contributed by atoms with Gasteiger partial charge in [0.05, 0.1) is 23.9 Å². The number of aliphatic hydroxyl groups is 1.